The van der Waals surface area contributed by atoms with Crippen molar-refractivity contribution in [2.24, 2.45) is 11.8 Å². The third-order valence-electron chi connectivity index (χ3n) is 12.0. The molecule has 0 unspecified atom stereocenters. The number of esters is 2. The van der Waals surface area contributed by atoms with E-state index in [-0.39, 0.29) is 65.3 Å². The zero-order valence-electron chi connectivity index (χ0n) is 41.8. The average molecular weight is 1050 g/mol. The maximum absolute atomic E-state index is 12.5. The molecule has 1 N–H and O–H groups in total. The second-order valence-electron chi connectivity index (χ2n) is 18.2. The molecule has 0 amide bonds. The van der Waals surface area contributed by atoms with Crippen molar-refractivity contribution in [3.8, 4) is 0 Å². The molecule has 2 aliphatic rings. The molecule has 6 heterocycles. The summed E-state index contributed by atoms with van der Waals surface area (Å²) in [5.41, 5.74) is 5.97. The van der Waals surface area contributed by atoms with Crippen molar-refractivity contribution in [1.29, 1.82) is 0 Å². The monoisotopic (exact) mass is 1050 g/mol. The molecule has 0 spiro atoms. The number of rotatable bonds is 11. The minimum absolute atomic E-state index is 0. The first-order valence-electron chi connectivity index (χ1n) is 22.7. The second-order valence-corrected chi connectivity index (χ2v) is 22.5. The number of carbonyl (C=O) groups excluding carboxylic acids is 4. The first-order chi connectivity index (χ1) is 33.2. The van der Waals surface area contributed by atoms with E-state index in [1.54, 1.807) is 44.3 Å². The van der Waals surface area contributed by atoms with Crippen molar-refractivity contribution in [2.45, 2.75) is 125 Å². The van der Waals surface area contributed by atoms with E-state index in [1.165, 1.54) is 33.9 Å². The summed E-state index contributed by atoms with van der Waals surface area (Å²) in [6.07, 6.45) is 5.31. The average Bonchev–Trinajstić information content (AvgIpc) is 3.83. The van der Waals surface area contributed by atoms with E-state index >= 15 is 0 Å². The fraction of sp³-hybridized carbons (Fsp3) is 0.469. The Hall–Kier alpha value is -6.23. The number of hydrogen-bond acceptors (Lipinski definition) is 18. The summed E-state index contributed by atoms with van der Waals surface area (Å²) in [5, 5.41) is 3.64. The van der Waals surface area contributed by atoms with Gasteiger partial charge in [-0.15, -0.1) is 0 Å². The fourth-order valence-electron chi connectivity index (χ4n) is 8.68. The number of aromatic nitrogens is 8. The van der Waals surface area contributed by atoms with Gasteiger partial charge < -0.3 is 28.8 Å². The smallest absolute Gasteiger partial charge is 0.302 e. The Morgan fingerprint density at radius 3 is 1.58 bits per heavy atom. The molecule has 388 valence electrons. The number of halogens is 1. The first-order valence-corrected chi connectivity index (χ1v) is 26.9. The Morgan fingerprint density at radius 2 is 1.15 bits per heavy atom. The Balaban J connectivity index is 0.000000226. The van der Waals surface area contributed by atoms with Gasteiger partial charge in [-0.25, -0.2) is 46.7 Å². The van der Waals surface area contributed by atoms with Crippen molar-refractivity contribution in [3.63, 3.8) is 0 Å². The highest BCUT2D eigenvalue weighted by atomic mass is 35.5. The highest BCUT2D eigenvalue weighted by molar-refractivity contribution is 7.91. The number of sulfone groups is 2. The number of imidazole rings is 2. The number of benzene rings is 2. The summed E-state index contributed by atoms with van der Waals surface area (Å²) < 4.78 is 63.8. The van der Waals surface area contributed by atoms with Crippen LogP contribution in [0.1, 0.15) is 130 Å². The van der Waals surface area contributed by atoms with Gasteiger partial charge in [0.2, 0.25) is 11.2 Å². The number of aryl methyl sites for hydroxylation is 2. The Morgan fingerprint density at radius 1 is 0.681 bits per heavy atom. The van der Waals surface area contributed by atoms with E-state index in [4.69, 9.17) is 31.0 Å². The quantitative estimate of drug-likeness (QED) is 0.0770. The third-order valence-corrected chi connectivity index (χ3v) is 14.5. The largest absolute Gasteiger partial charge is 0.461 e. The molecule has 2 aromatic carbocycles. The number of nitrogens with one attached hydrogen (secondary N) is 1. The lowest BCUT2D eigenvalue weighted by atomic mass is 10.00. The molecule has 8 rings (SSSR count). The topological polar surface area (TPSA) is 257 Å². The van der Waals surface area contributed by atoms with Gasteiger partial charge in [-0.3, -0.25) is 19.2 Å². The van der Waals surface area contributed by atoms with Crippen molar-refractivity contribution in [2.75, 3.05) is 30.5 Å². The number of Topliss-reactive ketones (excluding diaryl/α,β-unsaturated/α-hetero) is 2. The van der Waals surface area contributed by atoms with Crippen LogP contribution in [0.25, 0.3) is 22.1 Å². The maximum Gasteiger partial charge on any atom is 0.302 e. The van der Waals surface area contributed by atoms with Crippen LogP contribution in [0.3, 0.4) is 0 Å². The van der Waals surface area contributed by atoms with E-state index in [0.29, 0.717) is 69.6 Å². The molecule has 2 atom stereocenters. The van der Waals surface area contributed by atoms with Gasteiger partial charge in [0.05, 0.1) is 66.5 Å². The minimum Gasteiger partial charge on any atom is -0.461 e. The highest BCUT2D eigenvalue weighted by Gasteiger charge is 2.35. The van der Waals surface area contributed by atoms with Gasteiger partial charge in [-0.05, 0) is 75.4 Å². The molecule has 6 aromatic rings. The van der Waals surface area contributed by atoms with Crippen LogP contribution in [0, 0.1) is 25.7 Å². The van der Waals surface area contributed by atoms with Crippen LogP contribution in [0.2, 0.25) is 5.28 Å². The molecule has 2 aliphatic heterocycles. The lowest BCUT2D eigenvalue weighted by Gasteiger charge is -2.38. The number of fused-ring (bicyclic) bond motifs is 6. The molecule has 0 bridgehead atoms. The van der Waals surface area contributed by atoms with E-state index in [9.17, 15) is 36.0 Å². The van der Waals surface area contributed by atoms with Crippen LogP contribution in [0.4, 0.5) is 5.95 Å². The fourth-order valence-corrected chi connectivity index (χ4v) is 10.7. The molecule has 23 heteroatoms. The molecule has 0 radical (unpaired) electrons. The van der Waals surface area contributed by atoms with Crippen molar-refractivity contribution >= 4 is 82.8 Å². The van der Waals surface area contributed by atoms with Crippen LogP contribution in [-0.2, 0) is 65.0 Å². The summed E-state index contributed by atoms with van der Waals surface area (Å²) in [7, 11) is -7.02. The number of carbonyl (C=O) groups is 4. The molecule has 20 nitrogen and oxygen atoms in total. The Bertz CT molecular complexity index is 3300. The first kappa shape index (κ1) is 56.7. The van der Waals surface area contributed by atoms with Gasteiger partial charge in [0.15, 0.2) is 31.2 Å². The van der Waals surface area contributed by atoms with E-state index in [1.807, 2.05) is 4.57 Å². The number of hydrogen-bond donors (Lipinski definition) is 1. The Labute approximate surface area is 425 Å². The summed E-state index contributed by atoms with van der Waals surface area (Å²) >= 11 is 5.49. The number of ketones is 2. The maximum atomic E-state index is 12.5. The minimum atomic E-state index is -3.57. The lowest BCUT2D eigenvalue weighted by molar-refractivity contribution is -0.143. The van der Waals surface area contributed by atoms with E-state index < -0.39 is 31.6 Å². The highest BCUT2D eigenvalue weighted by Crippen LogP contribution is 2.38. The molecule has 72 heavy (non-hydrogen) atoms. The van der Waals surface area contributed by atoms with Crippen molar-refractivity contribution < 1.29 is 45.5 Å². The van der Waals surface area contributed by atoms with Crippen molar-refractivity contribution in [3.05, 3.63) is 87.2 Å². The van der Waals surface area contributed by atoms with Crippen LogP contribution >= 0.6 is 11.6 Å². The van der Waals surface area contributed by atoms with Crippen molar-refractivity contribution in [1.82, 2.24) is 44.4 Å². The number of anilines is 1. The van der Waals surface area contributed by atoms with Crippen LogP contribution in [-0.4, -0.2) is 105 Å². The molecular formula is C49H63ClN10O10S2. The summed E-state index contributed by atoms with van der Waals surface area (Å²) in [4.78, 5) is 73.8. The molecule has 0 fully saturated rings. The van der Waals surface area contributed by atoms with Crippen LogP contribution in [0.5, 0.6) is 0 Å². The van der Waals surface area contributed by atoms with Gasteiger partial charge in [-0.2, -0.15) is 0 Å². The molecule has 0 saturated carbocycles. The second kappa shape index (κ2) is 22.7. The number of ether oxygens (including phenoxy) is 2. The lowest BCUT2D eigenvalue weighted by Crippen LogP contribution is -2.42. The summed E-state index contributed by atoms with van der Waals surface area (Å²) in [6.45, 7) is 19.9. The van der Waals surface area contributed by atoms with Gasteiger partial charge in [0.1, 0.15) is 24.9 Å². The summed E-state index contributed by atoms with van der Waals surface area (Å²) in [5.74, 6) is 1.66. The van der Waals surface area contributed by atoms with Crippen LogP contribution < -0.4 is 10.2 Å². The number of nitrogens with zero attached hydrogens (tertiary/aromatic N) is 9. The van der Waals surface area contributed by atoms with Gasteiger partial charge in [0.25, 0.3) is 0 Å². The normalized spacial score (nSPS) is 15.4. The van der Waals surface area contributed by atoms with E-state index in [0.717, 1.165) is 48.3 Å². The standard InChI is InChI=1S/C24H29N5O5S.C17H23N3O4S.C7H7ClN2O.CH4/c1-13(2)22-23-27-19-9-17(12-34-16(5)31)21(35(6,32)33)10-20(19)28(23)7-8-29(22)24-25-11-18(15(4)30)14(3)26-24;1-10(2)16-17-19-13-7-12(9-24-11(3)21)15(25(4,22)23)8-14(13)20(17)6-5-18-16;1-4-6(5(2)11)3-9-7(8)10-4;/h9-11,13,22H,7-8,12H2,1-6H3;7-8,10,16,18H,5-6,9H2,1-4H3;3H,1-2H3;1H4/t22-;16-;;/m11../s1. The van der Waals surface area contributed by atoms with Gasteiger partial charge in [0, 0.05) is 76.1 Å². The summed E-state index contributed by atoms with van der Waals surface area (Å²) in [6, 6.07) is 6.64. The molecule has 0 aliphatic carbocycles. The van der Waals surface area contributed by atoms with Gasteiger partial charge >= 0.3 is 11.9 Å². The Kier molecular flexibility index (Phi) is 17.9. The predicted octanol–water partition coefficient (Wildman–Crippen LogP) is 7.10. The zero-order valence-corrected chi connectivity index (χ0v) is 44.2. The zero-order chi connectivity index (χ0) is 52.4. The van der Waals surface area contributed by atoms with Crippen LogP contribution in [0.15, 0.2) is 46.5 Å². The molecular weight excluding hydrogens is 988 g/mol. The third kappa shape index (κ3) is 12.7. The molecule has 4 aromatic heterocycles. The SMILES string of the molecule is C.CC(=O)OCc1cc2nc3n(c2cc1S(C)(=O)=O)CCN(c1ncc(C(C)=O)c(C)n1)[C@@H]3C(C)C.CC(=O)OCc1cc2nc3n(c2cc1S(C)(=O)=O)CCN[C@@H]3C(C)C.CC(=O)c1cnc(Cl)nc1C. The van der Waals surface area contributed by atoms with Gasteiger partial charge in [-0.1, -0.05) is 35.1 Å². The van der Waals surface area contributed by atoms with E-state index in [2.05, 4.69) is 62.4 Å². The molecule has 0 saturated heterocycles. The predicted molar refractivity (Wildman–Crippen MR) is 272 cm³/mol.